The van der Waals surface area contributed by atoms with Crippen molar-refractivity contribution in [1.82, 2.24) is 10.3 Å². The fraction of sp³-hybridized carbons (Fsp3) is 0.438. The number of nitrogens with one attached hydrogen (secondary N) is 1. The molecule has 0 radical (unpaired) electrons. The monoisotopic (exact) mass is 240 g/mol. The highest BCUT2D eigenvalue weighted by atomic mass is 14.9. The van der Waals surface area contributed by atoms with Crippen molar-refractivity contribution in [2.24, 2.45) is 5.92 Å². The number of rotatable bonds is 4. The Kier molecular flexibility index (Phi) is 3.04. The van der Waals surface area contributed by atoms with Crippen molar-refractivity contribution < 1.29 is 0 Å². The van der Waals surface area contributed by atoms with E-state index < -0.39 is 0 Å². The summed E-state index contributed by atoms with van der Waals surface area (Å²) in [6, 6.07) is 11.2. The summed E-state index contributed by atoms with van der Waals surface area (Å²) in [5, 5.41) is 4.96. The average Bonchev–Trinajstić information content (AvgIpc) is 3.19. The summed E-state index contributed by atoms with van der Waals surface area (Å²) in [7, 11) is 0. The zero-order valence-electron chi connectivity index (χ0n) is 11.1. The molecule has 1 aromatic heterocycles. The van der Waals surface area contributed by atoms with Gasteiger partial charge >= 0.3 is 0 Å². The van der Waals surface area contributed by atoms with Gasteiger partial charge in [-0.2, -0.15) is 0 Å². The van der Waals surface area contributed by atoms with Gasteiger partial charge in [0.15, 0.2) is 0 Å². The number of hydrogen-bond acceptors (Lipinski definition) is 2. The molecule has 2 heteroatoms. The van der Waals surface area contributed by atoms with Crippen LogP contribution in [-0.2, 0) is 0 Å². The van der Waals surface area contributed by atoms with Gasteiger partial charge < -0.3 is 5.32 Å². The van der Waals surface area contributed by atoms with Crippen LogP contribution >= 0.6 is 0 Å². The second kappa shape index (κ2) is 4.69. The van der Waals surface area contributed by atoms with E-state index >= 15 is 0 Å². The molecular formula is C16H20N2. The molecule has 1 heterocycles. The summed E-state index contributed by atoms with van der Waals surface area (Å²) in [5.41, 5.74) is 3.67. The van der Waals surface area contributed by atoms with Gasteiger partial charge in [0, 0.05) is 17.1 Å². The quantitative estimate of drug-likeness (QED) is 0.883. The normalized spacial score (nSPS) is 17.0. The topological polar surface area (TPSA) is 24.9 Å². The number of nitrogens with zero attached hydrogens (tertiary/aromatic N) is 1. The Morgan fingerprint density at radius 2 is 2.11 bits per heavy atom. The number of fused-ring (bicyclic) bond motifs is 1. The van der Waals surface area contributed by atoms with Gasteiger partial charge in [-0.25, -0.2) is 0 Å². The lowest BCUT2D eigenvalue weighted by atomic mass is 9.97. The van der Waals surface area contributed by atoms with Crippen LogP contribution in [0.25, 0.3) is 10.9 Å². The molecule has 0 spiro atoms. The van der Waals surface area contributed by atoms with Crippen LogP contribution in [0.4, 0.5) is 0 Å². The first-order chi connectivity index (χ1) is 8.79. The van der Waals surface area contributed by atoms with Gasteiger partial charge in [-0.05, 0) is 49.9 Å². The van der Waals surface area contributed by atoms with Crippen LogP contribution in [-0.4, -0.2) is 11.5 Å². The molecule has 1 saturated carbocycles. The zero-order valence-corrected chi connectivity index (χ0v) is 11.1. The van der Waals surface area contributed by atoms with Crippen LogP contribution in [0.2, 0.25) is 0 Å². The summed E-state index contributed by atoms with van der Waals surface area (Å²) in [4.78, 5) is 4.63. The van der Waals surface area contributed by atoms with E-state index in [1.54, 1.807) is 0 Å². The van der Waals surface area contributed by atoms with Gasteiger partial charge in [-0.3, -0.25) is 4.98 Å². The molecule has 1 aromatic carbocycles. The molecule has 0 saturated heterocycles. The van der Waals surface area contributed by atoms with Gasteiger partial charge in [-0.1, -0.05) is 25.1 Å². The van der Waals surface area contributed by atoms with E-state index in [0.717, 1.165) is 23.7 Å². The molecule has 3 rings (SSSR count). The van der Waals surface area contributed by atoms with Crippen LogP contribution in [0.15, 0.2) is 30.3 Å². The van der Waals surface area contributed by atoms with Crippen LogP contribution in [0, 0.1) is 12.8 Å². The van der Waals surface area contributed by atoms with Crippen molar-refractivity contribution >= 4 is 10.9 Å². The van der Waals surface area contributed by atoms with Crippen molar-refractivity contribution in [1.29, 1.82) is 0 Å². The second-order valence-corrected chi connectivity index (χ2v) is 5.24. The molecule has 2 nitrogen and oxygen atoms in total. The van der Waals surface area contributed by atoms with E-state index in [4.69, 9.17) is 0 Å². The standard InChI is InChI=1S/C16H20N2/c1-3-17-16(12-8-9-12)14-10-11(2)18-15-7-5-4-6-13(14)15/h4-7,10,12,16-17H,3,8-9H2,1-2H3. The maximum absolute atomic E-state index is 4.63. The Morgan fingerprint density at radius 1 is 1.33 bits per heavy atom. The highest BCUT2D eigenvalue weighted by Crippen LogP contribution is 2.42. The Balaban J connectivity index is 2.13. The summed E-state index contributed by atoms with van der Waals surface area (Å²) in [6.45, 7) is 5.30. The summed E-state index contributed by atoms with van der Waals surface area (Å²) >= 11 is 0. The first kappa shape index (κ1) is 11.7. The largest absolute Gasteiger partial charge is 0.310 e. The van der Waals surface area contributed by atoms with E-state index in [2.05, 4.69) is 54.5 Å². The van der Waals surface area contributed by atoms with Crippen molar-refractivity contribution in [3.63, 3.8) is 0 Å². The first-order valence-electron chi connectivity index (χ1n) is 6.89. The maximum Gasteiger partial charge on any atom is 0.0708 e. The van der Waals surface area contributed by atoms with Crippen LogP contribution in [0.1, 0.15) is 37.1 Å². The molecule has 1 atom stereocenters. The van der Waals surface area contributed by atoms with Gasteiger partial charge in [0.25, 0.3) is 0 Å². The highest BCUT2D eigenvalue weighted by molar-refractivity contribution is 5.82. The zero-order chi connectivity index (χ0) is 12.5. The van der Waals surface area contributed by atoms with Gasteiger partial charge in [0.05, 0.1) is 5.52 Å². The van der Waals surface area contributed by atoms with E-state index in [1.807, 2.05) is 0 Å². The SMILES string of the molecule is CCNC(c1cc(C)nc2ccccc12)C1CC1. The summed E-state index contributed by atoms with van der Waals surface area (Å²) < 4.78 is 0. The molecule has 1 N–H and O–H groups in total. The lowest BCUT2D eigenvalue weighted by Crippen LogP contribution is -2.23. The second-order valence-electron chi connectivity index (χ2n) is 5.24. The minimum atomic E-state index is 0.501. The van der Waals surface area contributed by atoms with E-state index in [-0.39, 0.29) is 0 Å². The molecular weight excluding hydrogens is 220 g/mol. The smallest absolute Gasteiger partial charge is 0.0708 e. The molecule has 0 aliphatic heterocycles. The van der Waals surface area contributed by atoms with Crippen molar-refractivity contribution in [3.05, 3.63) is 41.6 Å². The predicted octanol–water partition coefficient (Wildman–Crippen LogP) is 3.60. The molecule has 1 fully saturated rings. The number of para-hydroxylation sites is 1. The van der Waals surface area contributed by atoms with Crippen LogP contribution < -0.4 is 5.32 Å². The lowest BCUT2D eigenvalue weighted by molar-refractivity contribution is 0.499. The summed E-state index contributed by atoms with van der Waals surface area (Å²) in [5.74, 6) is 0.815. The number of aromatic nitrogens is 1. The van der Waals surface area contributed by atoms with E-state index in [9.17, 15) is 0 Å². The van der Waals surface area contributed by atoms with Crippen molar-refractivity contribution in [2.75, 3.05) is 6.54 Å². The molecule has 94 valence electrons. The molecule has 0 bridgehead atoms. The average molecular weight is 240 g/mol. The van der Waals surface area contributed by atoms with Crippen molar-refractivity contribution in [3.8, 4) is 0 Å². The number of benzene rings is 1. The number of hydrogen-bond donors (Lipinski definition) is 1. The minimum absolute atomic E-state index is 0.501. The first-order valence-corrected chi connectivity index (χ1v) is 6.89. The third-order valence-electron chi connectivity index (χ3n) is 3.73. The molecule has 1 aliphatic carbocycles. The number of pyridine rings is 1. The van der Waals surface area contributed by atoms with E-state index in [1.165, 1.54) is 23.8 Å². The Bertz CT molecular complexity index is 558. The lowest BCUT2D eigenvalue weighted by Gasteiger charge is -2.20. The van der Waals surface area contributed by atoms with Crippen LogP contribution in [0.3, 0.4) is 0 Å². The van der Waals surface area contributed by atoms with E-state index in [0.29, 0.717) is 6.04 Å². The van der Waals surface area contributed by atoms with Gasteiger partial charge in [0.1, 0.15) is 0 Å². The third kappa shape index (κ3) is 2.13. The fourth-order valence-electron chi connectivity index (χ4n) is 2.78. The summed E-state index contributed by atoms with van der Waals surface area (Å²) in [6.07, 6.45) is 2.71. The molecule has 0 amide bonds. The molecule has 18 heavy (non-hydrogen) atoms. The molecule has 1 aliphatic rings. The number of aryl methyl sites for hydroxylation is 1. The Labute approximate surface area is 108 Å². The van der Waals surface area contributed by atoms with Crippen LogP contribution in [0.5, 0.6) is 0 Å². The molecule has 1 unspecified atom stereocenters. The Hall–Kier alpha value is -1.41. The minimum Gasteiger partial charge on any atom is -0.310 e. The highest BCUT2D eigenvalue weighted by Gasteiger charge is 2.32. The molecule has 2 aromatic rings. The predicted molar refractivity (Wildman–Crippen MR) is 75.6 cm³/mol. The Morgan fingerprint density at radius 3 is 2.83 bits per heavy atom. The fourth-order valence-corrected chi connectivity index (χ4v) is 2.78. The van der Waals surface area contributed by atoms with Gasteiger partial charge in [0.2, 0.25) is 0 Å². The third-order valence-corrected chi connectivity index (χ3v) is 3.73. The van der Waals surface area contributed by atoms with Gasteiger partial charge in [-0.15, -0.1) is 0 Å². The van der Waals surface area contributed by atoms with Crippen molar-refractivity contribution in [2.45, 2.75) is 32.7 Å². The maximum atomic E-state index is 4.63.